The van der Waals surface area contributed by atoms with Gasteiger partial charge in [-0.3, -0.25) is 9.59 Å². The van der Waals surface area contributed by atoms with Crippen LogP contribution in [0.15, 0.2) is 41.5 Å². The fraction of sp³-hybridized carbons (Fsp3) is 0.385. The number of hydrogen-bond acceptors (Lipinski definition) is 5. The Morgan fingerprint density at radius 3 is 2.91 bits per heavy atom. The number of nitrogens with one attached hydrogen (secondary N) is 2. The molecule has 4 aromatic rings. The van der Waals surface area contributed by atoms with Gasteiger partial charge in [0.15, 0.2) is 0 Å². The maximum Gasteiger partial charge on any atom is 0.256 e. The van der Waals surface area contributed by atoms with Crippen molar-refractivity contribution in [3.05, 3.63) is 75.4 Å². The van der Waals surface area contributed by atoms with E-state index in [4.69, 9.17) is 4.74 Å². The van der Waals surface area contributed by atoms with E-state index in [1.54, 1.807) is 19.3 Å². The normalized spacial score (nSPS) is 16.2. The fourth-order valence-electron chi connectivity index (χ4n) is 5.38. The molecule has 2 unspecified atom stereocenters. The lowest BCUT2D eigenvalue weighted by Crippen LogP contribution is -2.29. The molecule has 9 heteroatoms. The van der Waals surface area contributed by atoms with E-state index in [0.29, 0.717) is 28.5 Å². The highest BCUT2D eigenvalue weighted by Gasteiger charge is 2.29. The zero-order valence-corrected chi connectivity index (χ0v) is 20.5. The Balaban J connectivity index is 1.46. The number of benzene rings is 1. The second-order valence-corrected chi connectivity index (χ2v) is 9.30. The van der Waals surface area contributed by atoms with Crippen LogP contribution in [0.25, 0.3) is 10.9 Å². The van der Waals surface area contributed by atoms with Gasteiger partial charge in [0.1, 0.15) is 17.9 Å². The number of carbonyl (C=O) groups excluding carboxylic acids is 1. The largest absolute Gasteiger partial charge is 0.496 e. The average molecular weight is 475 g/mol. The van der Waals surface area contributed by atoms with Crippen LogP contribution in [0.4, 0.5) is 0 Å². The molecule has 4 heterocycles. The number of hydrogen-bond donors (Lipinski definition) is 2. The summed E-state index contributed by atoms with van der Waals surface area (Å²) in [5.41, 5.74) is 3.42. The van der Waals surface area contributed by atoms with E-state index in [1.807, 2.05) is 25.1 Å². The molecule has 0 saturated heterocycles. The van der Waals surface area contributed by atoms with Crippen LogP contribution in [-0.2, 0) is 19.5 Å². The molecule has 5 rings (SSSR count). The molecule has 9 nitrogen and oxygen atoms in total. The summed E-state index contributed by atoms with van der Waals surface area (Å²) in [6, 6.07) is 9.94. The molecule has 0 aliphatic carbocycles. The minimum Gasteiger partial charge on any atom is -0.496 e. The van der Waals surface area contributed by atoms with Crippen LogP contribution in [0.1, 0.15) is 52.5 Å². The topological polar surface area (TPSA) is 107 Å². The smallest absolute Gasteiger partial charge is 0.256 e. The summed E-state index contributed by atoms with van der Waals surface area (Å²) in [5.74, 6) is 1.67. The molecule has 3 aromatic heterocycles. The lowest BCUT2D eigenvalue weighted by molar-refractivity contribution is 0.0951. The van der Waals surface area contributed by atoms with Crippen LogP contribution >= 0.6 is 0 Å². The van der Waals surface area contributed by atoms with Gasteiger partial charge in [-0.1, -0.05) is 18.2 Å². The van der Waals surface area contributed by atoms with Crippen molar-refractivity contribution in [3.63, 3.8) is 0 Å². The molecule has 0 fully saturated rings. The number of carbonyl (C=O) groups is 1. The van der Waals surface area contributed by atoms with Crippen molar-refractivity contribution in [2.24, 2.45) is 5.92 Å². The second kappa shape index (κ2) is 9.05. The molecule has 2 N–H and O–H groups in total. The molecule has 0 radical (unpaired) electrons. The standard InChI is InChI=1S/C26H30N6O3/c1-15-11-22(35-4)20(25(33)29-15)12-27-26(34)24-17(3)32(21-8-6-5-7-19(21)24)16(2)18-9-10-23-30-28-14-31(23)13-18/h5-8,11,14,16,18H,9-10,12-13H2,1-4H3,(H,27,34)(H,29,33). The van der Waals surface area contributed by atoms with Gasteiger partial charge >= 0.3 is 0 Å². The van der Waals surface area contributed by atoms with E-state index in [0.717, 1.165) is 41.8 Å². The van der Waals surface area contributed by atoms with Gasteiger partial charge in [-0.2, -0.15) is 0 Å². The highest BCUT2D eigenvalue weighted by atomic mass is 16.5. The van der Waals surface area contributed by atoms with Crippen molar-refractivity contribution in [1.29, 1.82) is 0 Å². The first kappa shape index (κ1) is 22.9. The predicted octanol–water partition coefficient (Wildman–Crippen LogP) is 3.30. The third kappa shape index (κ3) is 4.00. The van der Waals surface area contributed by atoms with Crippen molar-refractivity contribution < 1.29 is 9.53 Å². The summed E-state index contributed by atoms with van der Waals surface area (Å²) in [6.45, 7) is 6.94. The number of aromatic nitrogens is 5. The van der Waals surface area contributed by atoms with E-state index in [9.17, 15) is 9.59 Å². The number of pyridine rings is 1. The maximum absolute atomic E-state index is 13.5. The lowest BCUT2D eigenvalue weighted by atomic mass is 9.92. The van der Waals surface area contributed by atoms with E-state index in [2.05, 4.69) is 42.6 Å². The highest BCUT2D eigenvalue weighted by molar-refractivity contribution is 6.08. The number of ether oxygens (including phenoxy) is 1. The Kier molecular flexibility index (Phi) is 5.92. The van der Waals surface area contributed by atoms with E-state index < -0.39 is 0 Å². The summed E-state index contributed by atoms with van der Waals surface area (Å²) in [6.07, 6.45) is 3.71. The minimum atomic E-state index is -0.263. The van der Waals surface area contributed by atoms with Crippen molar-refractivity contribution in [3.8, 4) is 5.75 Å². The Bertz CT molecular complexity index is 1460. The number of aryl methyl sites for hydroxylation is 2. The third-order valence-corrected chi connectivity index (χ3v) is 7.21. The molecule has 0 spiro atoms. The number of H-pyrrole nitrogens is 1. The van der Waals surface area contributed by atoms with Crippen molar-refractivity contribution in [2.45, 2.75) is 52.7 Å². The molecule has 1 aromatic carbocycles. The van der Waals surface area contributed by atoms with Gasteiger partial charge in [0.25, 0.3) is 11.5 Å². The quantitative estimate of drug-likeness (QED) is 0.446. The Labute approximate surface area is 203 Å². The van der Waals surface area contributed by atoms with Gasteiger partial charge in [-0.15, -0.1) is 10.2 Å². The molecule has 1 aliphatic rings. The van der Waals surface area contributed by atoms with E-state index >= 15 is 0 Å². The molecular formula is C26H30N6O3. The minimum absolute atomic E-state index is 0.0746. The number of amides is 1. The van der Waals surface area contributed by atoms with Gasteiger partial charge in [0, 0.05) is 41.3 Å². The molecule has 0 bridgehead atoms. The molecule has 182 valence electrons. The van der Waals surface area contributed by atoms with Crippen molar-refractivity contribution in [2.75, 3.05) is 7.11 Å². The van der Waals surface area contributed by atoms with E-state index in [-0.39, 0.29) is 24.1 Å². The van der Waals surface area contributed by atoms with Gasteiger partial charge in [-0.25, -0.2) is 0 Å². The summed E-state index contributed by atoms with van der Waals surface area (Å²) >= 11 is 0. The first-order valence-electron chi connectivity index (χ1n) is 11.9. The predicted molar refractivity (Wildman–Crippen MR) is 133 cm³/mol. The summed E-state index contributed by atoms with van der Waals surface area (Å²) in [7, 11) is 1.52. The fourth-order valence-corrected chi connectivity index (χ4v) is 5.38. The molecule has 1 aliphatic heterocycles. The summed E-state index contributed by atoms with van der Waals surface area (Å²) < 4.78 is 9.79. The lowest BCUT2D eigenvalue weighted by Gasteiger charge is -2.31. The van der Waals surface area contributed by atoms with Gasteiger partial charge < -0.3 is 24.2 Å². The number of fused-ring (bicyclic) bond motifs is 2. The average Bonchev–Trinajstić information content (AvgIpc) is 3.43. The Morgan fingerprint density at radius 1 is 1.31 bits per heavy atom. The molecule has 1 amide bonds. The number of nitrogens with zero attached hydrogens (tertiary/aromatic N) is 4. The monoisotopic (exact) mass is 474 g/mol. The van der Waals surface area contributed by atoms with Crippen LogP contribution in [0, 0.1) is 19.8 Å². The maximum atomic E-state index is 13.5. The first-order valence-corrected chi connectivity index (χ1v) is 11.9. The van der Waals surface area contributed by atoms with Gasteiger partial charge in [0.05, 0.1) is 24.8 Å². The zero-order chi connectivity index (χ0) is 24.7. The van der Waals surface area contributed by atoms with Gasteiger partial charge in [-0.05, 0) is 45.2 Å². The number of aromatic amines is 1. The molecular weight excluding hydrogens is 444 g/mol. The highest BCUT2D eigenvalue weighted by Crippen LogP contribution is 2.35. The molecule has 0 saturated carbocycles. The number of rotatable bonds is 6. The Hall–Kier alpha value is -3.88. The number of methoxy groups -OCH3 is 1. The van der Waals surface area contributed by atoms with Gasteiger partial charge in [0.2, 0.25) is 0 Å². The van der Waals surface area contributed by atoms with Crippen molar-refractivity contribution in [1.82, 2.24) is 29.6 Å². The molecule has 2 atom stereocenters. The third-order valence-electron chi connectivity index (χ3n) is 7.21. The van der Waals surface area contributed by atoms with Crippen LogP contribution in [0.5, 0.6) is 5.75 Å². The summed E-state index contributed by atoms with van der Waals surface area (Å²) in [4.78, 5) is 28.7. The van der Waals surface area contributed by atoms with Crippen LogP contribution < -0.4 is 15.6 Å². The van der Waals surface area contributed by atoms with Crippen LogP contribution in [0.2, 0.25) is 0 Å². The van der Waals surface area contributed by atoms with Crippen LogP contribution in [-0.4, -0.2) is 37.3 Å². The first-order chi connectivity index (χ1) is 16.9. The van der Waals surface area contributed by atoms with Crippen molar-refractivity contribution >= 4 is 16.8 Å². The number of para-hydroxylation sites is 1. The Morgan fingerprint density at radius 2 is 2.11 bits per heavy atom. The van der Waals surface area contributed by atoms with E-state index in [1.165, 1.54) is 7.11 Å². The van der Waals surface area contributed by atoms with Crippen LogP contribution in [0.3, 0.4) is 0 Å². The zero-order valence-electron chi connectivity index (χ0n) is 20.5. The SMILES string of the molecule is COc1cc(C)[nH]c(=O)c1CNC(=O)c1c(C)n(C(C)C2CCc3nncn3C2)c2ccccc12. The summed E-state index contributed by atoms with van der Waals surface area (Å²) in [5, 5.41) is 12.1. The second-order valence-electron chi connectivity index (χ2n) is 9.30. The molecule has 35 heavy (non-hydrogen) atoms.